The van der Waals surface area contributed by atoms with Gasteiger partial charge in [-0.05, 0) is 76.7 Å². The van der Waals surface area contributed by atoms with E-state index < -0.39 is 0 Å². The zero-order valence-corrected chi connectivity index (χ0v) is 14.9. The van der Waals surface area contributed by atoms with Gasteiger partial charge in [-0.2, -0.15) is 0 Å². The lowest BCUT2D eigenvalue weighted by Crippen LogP contribution is -2.12. The van der Waals surface area contributed by atoms with E-state index >= 15 is 0 Å². The molecule has 0 fully saturated rings. The zero-order valence-electron chi connectivity index (χ0n) is 12.8. The number of para-hydroxylation sites is 1. The van der Waals surface area contributed by atoms with Crippen LogP contribution in [0.2, 0.25) is 0 Å². The summed E-state index contributed by atoms with van der Waals surface area (Å²) in [7, 11) is 0. The van der Waals surface area contributed by atoms with E-state index in [0.29, 0.717) is 17.9 Å². The highest BCUT2D eigenvalue weighted by atomic mass is 127. The molecule has 0 spiro atoms. The number of rotatable bonds is 5. The Labute approximate surface area is 154 Å². The van der Waals surface area contributed by atoms with Crippen molar-refractivity contribution in [1.82, 2.24) is 4.98 Å². The largest absolute Gasteiger partial charge is 0.423 e. The quantitative estimate of drug-likeness (QED) is 0.368. The fourth-order valence-corrected chi connectivity index (χ4v) is 2.54. The molecule has 24 heavy (non-hydrogen) atoms. The van der Waals surface area contributed by atoms with Crippen molar-refractivity contribution < 1.29 is 9.53 Å². The molecule has 1 N–H and O–H groups in total. The van der Waals surface area contributed by atoms with E-state index in [9.17, 15) is 4.79 Å². The average Bonchev–Trinajstić information content (AvgIpc) is 2.63. The standard InChI is InChI=1S/C19H15IN2O2/c20-15-5-7-16(8-6-15)24-19(23)17-3-1-2-4-18(17)22-13-14-9-11-21-12-10-14/h1-12,22H,13H2. The molecule has 1 heterocycles. The molecule has 120 valence electrons. The van der Waals surface area contributed by atoms with E-state index in [0.717, 1.165) is 14.8 Å². The number of anilines is 1. The van der Waals surface area contributed by atoms with Crippen LogP contribution in [0.1, 0.15) is 15.9 Å². The van der Waals surface area contributed by atoms with Crippen LogP contribution >= 0.6 is 22.6 Å². The minimum absolute atomic E-state index is 0.381. The smallest absolute Gasteiger partial charge is 0.345 e. The van der Waals surface area contributed by atoms with Gasteiger partial charge >= 0.3 is 5.97 Å². The van der Waals surface area contributed by atoms with Gasteiger partial charge in [-0.1, -0.05) is 12.1 Å². The molecule has 0 aliphatic carbocycles. The third-order valence-electron chi connectivity index (χ3n) is 3.40. The van der Waals surface area contributed by atoms with E-state index in [1.54, 1.807) is 30.6 Å². The van der Waals surface area contributed by atoms with E-state index in [1.807, 2.05) is 42.5 Å². The zero-order chi connectivity index (χ0) is 16.8. The monoisotopic (exact) mass is 430 g/mol. The minimum Gasteiger partial charge on any atom is -0.423 e. The molecule has 0 unspecified atom stereocenters. The summed E-state index contributed by atoms with van der Waals surface area (Å²) < 4.78 is 6.55. The van der Waals surface area contributed by atoms with Crippen LogP contribution in [-0.4, -0.2) is 11.0 Å². The predicted molar refractivity (Wildman–Crippen MR) is 102 cm³/mol. The average molecular weight is 430 g/mol. The molecule has 3 rings (SSSR count). The first kappa shape index (κ1) is 16.4. The second-order valence-electron chi connectivity index (χ2n) is 5.10. The Hall–Kier alpha value is -2.41. The number of nitrogens with one attached hydrogen (secondary N) is 1. The van der Waals surface area contributed by atoms with Crippen molar-refractivity contribution >= 4 is 34.2 Å². The first-order valence-electron chi connectivity index (χ1n) is 7.42. The highest BCUT2D eigenvalue weighted by Gasteiger charge is 2.13. The highest BCUT2D eigenvalue weighted by Crippen LogP contribution is 2.20. The number of ether oxygens (including phenoxy) is 1. The molecule has 0 saturated carbocycles. The Morgan fingerprint density at radius 2 is 1.71 bits per heavy atom. The Bertz CT molecular complexity index is 820. The topological polar surface area (TPSA) is 51.2 Å². The van der Waals surface area contributed by atoms with Crippen molar-refractivity contribution in [2.24, 2.45) is 0 Å². The fraction of sp³-hybridized carbons (Fsp3) is 0.0526. The summed E-state index contributed by atoms with van der Waals surface area (Å²) >= 11 is 2.21. The number of hydrogen-bond donors (Lipinski definition) is 1. The summed E-state index contributed by atoms with van der Waals surface area (Å²) in [5, 5.41) is 3.28. The van der Waals surface area contributed by atoms with Gasteiger partial charge in [0.25, 0.3) is 0 Å². The van der Waals surface area contributed by atoms with E-state index in [1.165, 1.54) is 0 Å². The maximum absolute atomic E-state index is 12.5. The first-order chi connectivity index (χ1) is 11.7. The third kappa shape index (κ3) is 4.32. The van der Waals surface area contributed by atoms with Crippen LogP contribution in [0.25, 0.3) is 0 Å². The second-order valence-corrected chi connectivity index (χ2v) is 6.34. The van der Waals surface area contributed by atoms with E-state index in [4.69, 9.17) is 4.74 Å². The van der Waals surface area contributed by atoms with Gasteiger partial charge in [0.05, 0.1) is 5.56 Å². The Kier molecular flexibility index (Phi) is 5.43. The lowest BCUT2D eigenvalue weighted by atomic mass is 10.1. The molecule has 1 aromatic heterocycles. The lowest BCUT2D eigenvalue weighted by molar-refractivity contribution is 0.0735. The molecule has 4 nitrogen and oxygen atoms in total. The van der Waals surface area contributed by atoms with Crippen molar-refractivity contribution in [1.29, 1.82) is 0 Å². The predicted octanol–water partition coefficient (Wildman–Crippen LogP) is 4.52. The maximum atomic E-state index is 12.5. The molecule has 2 aromatic carbocycles. The molecule has 0 radical (unpaired) electrons. The van der Waals surface area contributed by atoms with Gasteiger partial charge in [-0.25, -0.2) is 4.79 Å². The van der Waals surface area contributed by atoms with Gasteiger partial charge in [0.15, 0.2) is 0 Å². The van der Waals surface area contributed by atoms with Crippen molar-refractivity contribution in [3.05, 3.63) is 87.8 Å². The summed E-state index contributed by atoms with van der Waals surface area (Å²) in [4.78, 5) is 16.5. The number of benzene rings is 2. The molecule has 3 aromatic rings. The number of halogens is 1. The second kappa shape index (κ2) is 7.92. The van der Waals surface area contributed by atoms with Crippen LogP contribution in [0.3, 0.4) is 0 Å². The lowest BCUT2D eigenvalue weighted by Gasteiger charge is -2.11. The van der Waals surface area contributed by atoms with Gasteiger partial charge in [0.1, 0.15) is 5.75 Å². The minimum atomic E-state index is -0.381. The van der Waals surface area contributed by atoms with Crippen LogP contribution in [-0.2, 0) is 6.54 Å². The third-order valence-corrected chi connectivity index (χ3v) is 4.12. The molecule has 0 aliphatic rings. The van der Waals surface area contributed by atoms with Crippen molar-refractivity contribution in [2.45, 2.75) is 6.54 Å². The Balaban J connectivity index is 1.73. The van der Waals surface area contributed by atoms with E-state index in [-0.39, 0.29) is 5.97 Å². The number of carbonyl (C=O) groups excluding carboxylic acids is 1. The normalized spacial score (nSPS) is 10.2. The van der Waals surface area contributed by atoms with Gasteiger partial charge in [0, 0.05) is 28.2 Å². The van der Waals surface area contributed by atoms with Gasteiger partial charge in [0.2, 0.25) is 0 Å². The molecule has 0 saturated heterocycles. The Morgan fingerprint density at radius 1 is 1.00 bits per heavy atom. The highest BCUT2D eigenvalue weighted by molar-refractivity contribution is 14.1. The number of carbonyl (C=O) groups is 1. The van der Waals surface area contributed by atoms with E-state index in [2.05, 4.69) is 32.9 Å². The number of aromatic nitrogens is 1. The summed E-state index contributed by atoms with van der Waals surface area (Å²) in [6.07, 6.45) is 3.49. The number of pyridine rings is 1. The fourth-order valence-electron chi connectivity index (χ4n) is 2.18. The van der Waals surface area contributed by atoms with Crippen LogP contribution in [0.4, 0.5) is 5.69 Å². The van der Waals surface area contributed by atoms with Crippen molar-refractivity contribution in [3.8, 4) is 5.75 Å². The maximum Gasteiger partial charge on any atom is 0.345 e. The van der Waals surface area contributed by atoms with Crippen LogP contribution in [0.5, 0.6) is 5.75 Å². The molecule has 0 bridgehead atoms. The Morgan fingerprint density at radius 3 is 2.46 bits per heavy atom. The number of hydrogen-bond acceptors (Lipinski definition) is 4. The first-order valence-corrected chi connectivity index (χ1v) is 8.50. The summed E-state index contributed by atoms with van der Waals surface area (Å²) in [6, 6.07) is 18.6. The summed E-state index contributed by atoms with van der Waals surface area (Å²) in [5.41, 5.74) is 2.33. The molecule has 0 amide bonds. The molecule has 5 heteroatoms. The molecular formula is C19H15IN2O2. The van der Waals surface area contributed by atoms with Crippen LogP contribution in [0.15, 0.2) is 73.1 Å². The SMILES string of the molecule is O=C(Oc1ccc(I)cc1)c1ccccc1NCc1ccncc1. The number of nitrogens with zero attached hydrogens (tertiary/aromatic N) is 1. The molecule has 0 atom stereocenters. The van der Waals surface area contributed by atoms with Crippen LogP contribution < -0.4 is 10.1 Å². The van der Waals surface area contributed by atoms with Gasteiger partial charge in [-0.15, -0.1) is 0 Å². The van der Waals surface area contributed by atoms with Crippen molar-refractivity contribution in [2.75, 3.05) is 5.32 Å². The van der Waals surface area contributed by atoms with Gasteiger partial charge in [-0.3, -0.25) is 4.98 Å². The molecule has 0 aliphatic heterocycles. The molecular weight excluding hydrogens is 415 g/mol. The summed E-state index contributed by atoms with van der Waals surface area (Å²) in [5.74, 6) is 0.151. The summed E-state index contributed by atoms with van der Waals surface area (Å²) in [6.45, 7) is 0.607. The number of esters is 1. The van der Waals surface area contributed by atoms with Gasteiger partial charge < -0.3 is 10.1 Å². The van der Waals surface area contributed by atoms with Crippen molar-refractivity contribution in [3.63, 3.8) is 0 Å². The van der Waals surface area contributed by atoms with Crippen LogP contribution in [0, 0.1) is 3.57 Å².